The average Bonchev–Trinajstić information content (AvgIpc) is 3.34. The number of ether oxygens (including phenoxy) is 1. The lowest BCUT2D eigenvalue weighted by molar-refractivity contribution is -0.117. The molecule has 0 saturated heterocycles. The Labute approximate surface area is 156 Å². The van der Waals surface area contributed by atoms with E-state index in [1.165, 1.54) is 0 Å². The lowest BCUT2D eigenvalue weighted by Gasteiger charge is -2.06. The topological polar surface area (TPSA) is 79.2 Å². The number of hydrogen-bond acceptors (Lipinski definition) is 5. The molecule has 1 aromatic carbocycles. The minimum absolute atomic E-state index is 0.0996. The first-order valence-corrected chi connectivity index (χ1v) is 9.34. The Bertz CT molecular complexity index is 880. The molecule has 0 spiro atoms. The molecule has 0 aliphatic heterocycles. The highest BCUT2D eigenvalue weighted by Gasteiger charge is 2.44. The Morgan fingerprint density at radius 1 is 1.31 bits per heavy atom. The number of hydrogen-bond donors (Lipinski definition) is 1. The summed E-state index contributed by atoms with van der Waals surface area (Å²) in [5.74, 6) is -0.459. The van der Waals surface area contributed by atoms with Crippen LogP contribution in [0.15, 0.2) is 30.3 Å². The van der Waals surface area contributed by atoms with E-state index in [2.05, 4.69) is 11.4 Å². The maximum atomic E-state index is 12.6. The monoisotopic (exact) mass is 368 g/mol. The molecule has 1 saturated carbocycles. The van der Waals surface area contributed by atoms with E-state index in [1.807, 2.05) is 30.3 Å². The van der Waals surface area contributed by atoms with E-state index in [1.54, 1.807) is 20.8 Å². The van der Waals surface area contributed by atoms with Gasteiger partial charge < -0.3 is 10.1 Å². The Kier molecular flexibility index (Phi) is 5.10. The van der Waals surface area contributed by atoms with E-state index in [0.717, 1.165) is 23.3 Å². The molecule has 3 rings (SSSR count). The number of esters is 1. The summed E-state index contributed by atoms with van der Waals surface area (Å²) >= 11 is 1.10. The van der Waals surface area contributed by atoms with Crippen molar-refractivity contribution >= 4 is 28.2 Å². The first kappa shape index (κ1) is 18.2. The van der Waals surface area contributed by atoms with Gasteiger partial charge in [-0.1, -0.05) is 30.3 Å². The van der Waals surface area contributed by atoms with Crippen molar-refractivity contribution in [3.63, 3.8) is 0 Å². The molecule has 2 atom stereocenters. The quantitative estimate of drug-likeness (QED) is 0.801. The minimum atomic E-state index is -0.465. The smallest absolute Gasteiger partial charge is 0.348 e. The third-order valence-corrected chi connectivity index (χ3v) is 5.57. The van der Waals surface area contributed by atoms with Crippen LogP contribution in [0.2, 0.25) is 0 Å². The van der Waals surface area contributed by atoms with E-state index in [9.17, 15) is 14.9 Å². The van der Waals surface area contributed by atoms with Crippen molar-refractivity contribution in [3.8, 4) is 6.07 Å². The summed E-state index contributed by atoms with van der Waals surface area (Å²) in [5.41, 5.74) is 2.03. The second kappa shape index (κ2) is 7.30. The van der Waals surface area contributed by atoms with Gasteiger partial charge >= 0.3 is 5.97 Å². The molecule has 6 heteroatoms. The third-order valence-electron chi connectivity index (χ3n) is 4.38. The number of carbonyl (C=O) groups is 2. The van der Waals surface area contributed by atoms with E-state index >= 15 is 0 Å². The summed E-state index contributed by atoms with van der Waals surface area (Å²) in [6, 6.07) is 12.0. The van der Waals surface area contributed by atoms with Crippen LogP contribution in [0.3, 0.4) is 0 Å². The maximum absolute atomic E-state index is 12.6. The Morgan fingerprint density at radius 3 is 2.62 bits per heavy atom. The van der Waals surface area contributed by atoms with Gasteiger partial charge in [0.05, 0.1) is 11.7 Å². The second-order valence-corrected chi connectivity index (χ2v) is 7.70. The molecule has 134 valence electrons. The summed E-state index contributed by atoms with van der Waals surface area (Å²) in [7, 11) is 0. The van der Waals surface area contributed by atoms with Gasteiger partial charge in [0.1, 0.15) is 15.9 Å². The summed E-state index contributed by atoms with van der Waals surface area (Å²) in [6.07, 6.45) is 0.551. The van der Waals surface area contributed by atoms with Crippen LogP contribution in [0.5, 0.6) is 0 Å². The molecule has 1 amide bonds. The van der Waals surface area contributed by atoms with Crippen LogP contribution in [0, 0.1) is 24.2 Å². The van der Waals surface area contributed by atoms with Gasteiger partial charge in [0.25, 0.3) is 0 Å². The third kappa shape index (κ3) is 3.63. The van der Waals surface area contributed by atoms with Crippen molar-refractivity contribution in [2.45, 2.75) is 39.2 Å². The van der Waals surface area contributed by atoms with Crippen molar-refractivity contribution in [2.75, 3.05) is 5.32 Å². The summed E-state index contributed by atoms with van der Waals surface area (Å²) in [4.78, 5) is 25.1. The number of nitriles is 1. The average molecular weight is 368 g/mol. The largest absolute Gasteiger partial charge is 0.459 e. The van der Waals surface area contributed by atoms with Crippen LogP contribution in [-0.4, -0.2) is 18.0 Å². The Hall–Kier alpha value is -2.65. The minimum Gasteiger partial charge on any atom is -0.459 e. The number of anilines is 1. The van der Waals surface area contributed by atoms with Crippen molar-refractivity contribution in [3.05, 3.63) is 51.9 Å². The number of benzene rings is 1. The molecule has 0 unspecified atom stereocenters. The predicted molar refractivity (Wildman–Crippen MR) is 100 cm³/mol. The highest BCUT2D eigenvalue weighted by molar-refractivity contribution is 7.18. The second-order valence-electron chi connectivity index (χ2n) is 6.67. The van der Waals surface area contributed by atoms with E-state index in [-0.39, 0.29) is 23.8 Å². The molecular formula is C20H20N2O3S. The summed E-state index contributed by atoms with van der Waals surface area (Å²) in [5, 5.41) is 12.7. The molecule has 1 aliphatic rings. The van der Waals surface area contributed by atoms with Crippen LogP contribution in [0.25, 0.3) is 0 Å². The van der Waals surface area contributed by atoms with Crippen LogP contribution in [0.4, 0.5) is 5.00 Å². The predicted octanol–water partition coefficient (Wildman–Crippen LogP) is 4.24. The molecule has 5 nitrogen and oxygen atoms in total. The van der Waals surface area contributed by atoms with Crippen molar-refractivity contribution in [1.82, 2.24) is 0 Å². The first-order valence-electron chi connectivity index (χ1n) is 8.52. The van der Waals surface area contributed by atoms with Crippen LogP contribution in [-0.2, 0) is 9.53 Å². The van der Waals surface area contributed by atoms with Crippen molar-refractivity contribution in [2.24, 2.45) is 5.92 Å². The molecule has 1 fully saturated rings. The zero-order valence-electron chi connectivity index (χ0n) is 14.9. The van der Waals surface area contributed by atoms with Crippen molar-refractivity contribution in [1.29, 1.82) is 5.26 Å². The fourth-order valence-electron chi connectivity index (χ4n) is 2.96. The highest BCUT2D eigenvalue weighted by Crippen LogP contribution is 2.48. The van der Waals surface area contributed by atoms with Gasteiger partial charge in [-0.15, -0.1) is 11.3 Å². The number of thiophene rings is 1. The van der Waals surface area contributed by atoms with E-state index in [0.29, 0.717) is 21.0 Å². The molecule has 1 aliphatic carbocycles. The van der Waals surface area contributed by atoms with Crippen LogP contribution < -0.4 is 5.32 Å². The Balaban J connectivity index is 1.75. The van der Waals surface area contributed by atoms with Crippen molar-refractivity contribution < 1.29 is 14.3 Å². The number of amides is 1. The highest BCUT2D eigenvalue weighted by atomic mass is 32.1. The van der Waals surface area contributed by atoms with Gasteiger partial charge in [-0.3, -0.25) is 4.79 Å². The maximum Gasteiger partial charge on any atom is 0.348 e. The number of nitrogens with zero attached hydrogens (tertiary/aromatic N) is 1. The Morgan fingerprint density at radius 2 is 2.00 bits per heavy atom. The first-order chi connectivity index (χ1) is 12.4. The molecule has 2 aromatic rings. The molecule has 0 bridgehead atoms. The molecular weight excluding hydrogens is 348 g/mol. The normalized spacial score (nSPS) is 18.3. The van der Waals surface area contributed by atoms with Crippen LogP contribution >= 0.6 is 11.3 Å². The zero-order valence-corrected chi connectivity index (χ0v) is 15.7. The zero-order chi connectivity index (χ0) is 18.8. The lowest BCUT2D eigenvalue weighted by atomic mass is 10.1. The summed E-state index contributed by atoms with van der Waals surface area (Å²) in [6.45, 7) is 5.24. The van der Waals surface area contributed by atoms with E-state index in [4.69, 9.17) is 4.74 Å². The van der Waals surface area contributed by atoms with Crippen LogP contribution in [0.1, 0.15) is 52.5 Å². The number of carbonyl (C=O) groups excluding carboxylic acids is 2. The fraction of sp³-hybridized carbons (Fsp3) is 0.350. The number of rotatable bonds is 5. The lowest BCUT2D eigenvalue weighted by Crippen LogP contribution is -2.14. The van der Waals surface area contributed by atoms with Gasteiger partial charge in [-0.2, -0.15) is 5.26 Å². The van der Waals surface area contributed by atoms with Gasteiger partial charge in [0.2, 0.25) is 5.91 Å². The van der Waals surface area contributed by atoms with Gasteiger partial charge in [0, 0.05) is 5.92 Å². The molecule has 1 aromatic heterocycles. The number of nitrogens with one attached hydrogen (secondary N) is 1. The van der Waals surface area contributed by atoms with E-state index < -0.39 is 5.97 Å². The SMILES string of the molecule is Cc1c(C(=O)OC(C)C)sc(NC(=O)[C@@H]2C[C@@H]2c2ccccc2)c1C#N. The molecule has 1 N–H and O–H groups in total. The van der Waals surface area contributed by atoms with Gasteiger partial charge in [-0.05, 0) is 44.2 Å². The molecule has 1 heterocycles. The standard InChI is InChI=1S/C20H20N2O3S/c1-11(2)25-20(24)17-12(3)16(10-21)19(26-17)22-18(23)15-9-14(15)13-7-5-4-6-8-13/h4-8,11,14-15H,9H2,1-3H3,(H,22,23)/t14-,15-/m1/s1. The fourth-order valence-corrected chi connectivity index (χ4v) is 4.00. The van der Waals surface area contributed by atoms with Gasteiger partial charge in [-0.25, -0.2) is 4.79 Å². The summed E-state index contributed by atoms with van der Waals surface area (Å²) < 4.78 is 5.22. The molecule has 0 radical (unpaired) electrons. The van der Waals surface area contributed by atoms with Gasteiger partial charge in [0.15, 0.2) is 0 Å². The molecule has 26 heavy (non-hydrogen) atoms.